The van der Waals surface area contributed by atoms with Gasteiger partial charge < -0.3 is 9.84 Å². The van der Waals surface area contributed by atoms with E-state index in [-0.39, 0.29) is 6.61 Å². The predicted octanol–water partition coefficient (Wildman–Crippen LogP) is 2.56. The molecular formula is C14H15NO2. The van der Waals surface area contributed by atoms with Crippen molar-refractivity contribution >= 4 is 0 Å². The van der Waals surface area contributed by atoms with Gasteiger partial charge in [-0.3, -0.25) is 0 Å². The topological polar surface area (TPSA) is 42.4 Å². The van der Waals surface area contributed by atoms with Crippen molar-refractivity contribution in [1.82, 2.24) is 4.98 Å². The summed E-state index contributed by atoms with van der Waals surface area (Å²) in [6, 6.07) is 9.74. The van der Waals surface area contributed by atoms with Crippen LogP contribution in [-0.4, -0.2) is 17.2 Å². The molecule has 17 heavy (non-hydrogen) atoms. The fourth-order valence-electron chi connectivity index (χ4n) is 1.76. The van der Waals surface area contributed by atoms with Crippen molar-refractivity contribution in [2.24, 2.45) is 0 Å². The second-order valence-corrected chi connectivity index (χ2v) is 3.91. The summed E-state index contributed by atoms with van der Waals surface area (Å²) in [5.41, 5.74) is 4.07. The average Bonchev–Trinajstić information content (AvgIpc) is 2.39. The number of aryl methyl sites for hydroxylation is 1. The Labute approximate surface area is 101 Å². The number of aliphatic hydroxyl groups is 1. The standard InChI is InChI=1S/C14H15NO2/c1-10-3-4-12(9-16)13(7-10)11-5-6-14(17-2)15-8-11/h3-8,16H,9H2,1-2H3. The fraction of sp³-hybridized carbons (Fsp3) is 0.214. The van der Waals surface area contributed by atoms with E-state index in [4.69, 9.17) is 4.74 Å². The molecule has 3 heteroatoms. The van der Waals surface area contributed by atoms with Crippen LogP contribution in [0.5, 0.6) is 5.88 Å². The predicted molar refractivity (Wildman–Crippen MR) is 66.9 cm³/mol. The number of methoxy groups -OCH3 is 1. The maximum Gasteiger partial charge on any atom is 0.212 e. The van der Waals surface area contributed by atoms with E-state index < -0.39 is 0 Å². The minimum absolute atomic E-state index is 0.0294. The van der Waals surface area contributed by atoms with E-state index in [1.165, 1.54) is 0 Å². The van der Waals surface area contributed by atoms with Crippen LogP contribution in [0.1, 0.15) is 11.1 Å². The van der Waals surface area contributed by atoms with Crippen molar-refractivity contribution in [1.29, 1.82) is 0 Å². The zero-order valence-electron chi connectivity index (χ0n) is 9.97. The van der Waals surface area contributed by atoms with E-state index >= 15 is 0 Å². The molecule has 3 nitrogen and oxygen atoms in total. The van der Waals surface area contributed by atoms with E-state index in [0.29, 0.717) is 5.88 Å². The number of hydrogen-bond acceptors (Lipinski definition) is 3. The van der Waals surface area contributed by atoms with Gasteiger partial charge in [-0.1, -0.05) is 23.8 Å². The maximum atomic E-state index is 9.33. The van der Waals surface area contributed by atoms with Gasteiger partial charge >= 0.3 is 0 Å². The molecule has 1 N–H and O–H groups in total. The van der Waals surface area contributed by atoms with Gasteiger partial charge in [0.05, 0.1) is 13.7 Å². The van der Waals surface area contributed by atoms with E-state index in [0.717, 1.165) is 22.3 Å². The van der Waals surface area contributed by atoms with Crippen LogP contribution in [0, 0.1) is 6.92 Å². The van der Waals surface area contributed by atoms with Gasteiger partial charge in [-0.2, -0.15) is 0 Å². The molecule has 1 heterocycles. The average molecular weight is 229 g/mol. The number of nitrogens with zero attached hydrogens (tertiary/aromatic N) is 1. The Kier molecular flexibility index (Phi) is 3.40. The van der Waals surface area contributed by atoms with Crippen molar-refractivity contribution in [3.63, 3.8) is 0 Å². The largest absolute Gasteiger partial charge is 0.481 e. The van der Waals surface area contributed by atoms with E-state index in [2.05, 4.69) is 11.1 Å². The first-order valence-corrected chi connectivity index (χ1v) is 5.45. The molecule has 0 bridgehead atoms. The van der Waals surface area contributed by atoms with Crippen LogP contribution in [0.25, 0.3) is 11.1 Å². The third-order valence-corrected chi connectivity index (χ3v) is 2.69. The fourth-order valence-corrected chi connectivity index (χ4v) is 1.76. The van der Waals surface area contributed by atoms with E-state index in [9.17, 15) is 5.11 Å². The molecule has 0 amide bonds. The highest BCUT2D eigenvalue weighted by molar-refractivity contribution is 5.67. The SMILES string of the molecule is COc1ccc(-c2cc(C)ccc2CO)cn1. The Morgan fingerprint density at radius 3 is 2.65 bits per heavy atom. The molecule has 1 aromatic heterocycles. The smallest absolute Gasteiger partial charge is 0.212 e. The molecule has 0 aliphatic carbocycles. The van der Waals surface area contributed by atoms with Gasteiger partial charge in [0, 0.05) is 17.8 Å². The monoisotopic (exact) mass is 229 g/mol. The molecular weight excluding hydrogens is 214 g/mol. The van der Waals surface area contributed by atoms with Crippen molar-refractivity contribution in [3.8, 4) is 17.0 Å². The number of pyridine rings is 1. The lowest BCUT2D eigenvalue weighted by atomic mass is 9.99. The first-order valence-electron chi connectivity index (χ1n) is 5.45. The lowest BCUT2D eigenvalue weighted by Crippen LogP contribution is -1.92. The normalized spacial score (nSPS) is 10.3. The zero-order valence-corrected chi connectivity index (χ0v) is 9.97. The van der Waals surface area contributed by atoms with Gasteiger partial charge in [0.1, 0.15) is 0 Å². The number of aromatic nitrogens is 1. The molecule has 0 aliphatic heterocycles. The molecule has 0 spiro atoms. The lowest BCUT2D eigenvalue weighted by molar-refractivity contribution is 0.282. The molecule has 0 unspecified atom stereocenters. The minimum Gasteiger partial charge on any atom is -0.481 e. The highest BCUT2D eigenvalue weighted by Crippen LogP contribution is 2.25. The molecule has 0 saturated heterocycles. The Bertz CT molecular complexity index is 506. The first kappa shape index (κ1) is 11.6. The van der Waals surface area contributed by atoms with Gasteiger partial charge in [-0.05, 0) is 24.1 Å². The van der Waals surface area contributed by atoms with Crippen molar-refractivity contribution in [2.75, 3.05) is 7.11 Å². The van der Waals surface area contributed by atoms with E-state index in [1.54, 1.807) is 13.3 Å². The van der Waals surface area contributed by atoms with Crippen molar-refractivity contribution in [2.45, 2.75) is 13.5 Å². The molecule has 88 valence electrons. The van der Waals surface area contributed by atoms with Crippen LogP contribution in [-0.2, 0) is 6.61 Å². The van der Waals surface area contributed by atoms with Crippen LogP contribution in [0.15, 0.2) is 36.5 Å². The number of hydrogen-bond donors (Lipinski definition) is 1. The first-order chi connectivity index (χ1) is 8.24. The summed E-state index contributed by atoms with van der Waals surface area (Å²) < 4.78 is 5.02. The second-order valence-electron chi connectivity index (χ2n) is 3.91. The molecule has 0 saturated carbocycles. The number of benzene rings is 1. The summed E-state index contributed by atoms with van der Waals surface area (Å²) in [6.45, 7) is 2.06. The van der Waals surface area contributed by atoms with Crippen LogP contribution < -0.4 is 4.74 Å². The quantitative estimate of drug-likeness (QED) is 0.879. The van der Waals surface area contributed by atoms with Gasteiger partial charge in [0.25, 0.3) is 0 Å². The minimum atomic E-state index is 0.0294. The molecule has 2 rings (SSSR count). The van der Waals surface area contributed by atoms with Crippen molar-refractivity contribution < 1.29 is 9.84 Å². The Morgan fingerprint density at radius 2 is 2.06 bits per heavy atom. The van der Waals surface area contributed by atoms with Crippen molar-refractivity contribution in [3.05, 3.63) is 47.7 Å². The highest BCUT2D eigenvalue weighted by Gasteiger charge is 2.05. The van der Waals surface area contributed by atoms with Gasteiger partial charge in [-0.25, -0.2) is 4.98 Å². The highest BCUT2D eigenvalue weighted by atomic mass is 16.5. The number of aliphatic hydroxyl groups excluding tert-OH is 1. The van der Waals surface area contributed by atoms with Gasteiger partial charge in [0.15, 0.2) is 0 Å². The Hall–Kier alpha value is -1.87. The molecule has 0 atom stereocenters. The molecule has 0 radical (unpaired) electrons. The Balaban J connectivity index is 2.47. The molecule has 2 aromatic rings. The third-order valence-electron chi connectivity index (χ3n) is 2.69. The summed E-state index contributed by atoms with van der Waals surface area (Å²) >= 11 is 0. The number of rotatable bonds is 3. The second kappa shape index (κ2) is 4.97. The summed E-state index contributed by atoms with van der Waals surface area (Å²) in [5.74, 6) is 0.590. The van der Waals surface area contributed by atoms with Crippen LogP contribution >= 0.6 is 0 Å². The Morgan fingerprint density at radius 1 is 1.24 bits per heavy atom. The number of ether oxygens (including phenoxy) is 1. The molecule has 0 aliphatic rings. The summed E-state index contributed by atoms with van der Waals surface area (Å²) in [6.07, 6.45) is 1.76. The molecule has 1 aromatic carbocycles. The van der Waals surface area contributed by atoms with E-state index in [1.807, 2.05) is 31.2 Å². The van der Waals surface area contributed by atoms with Crippen LogP contribution in [0.3, 0.4) is 0 Å². The lowest BCUT2D eigenvalue weighted by Gasteiger charge is -2.09. The molecule has 0 fully saturated rings. The van der Waals surface area contributed by atoms with Gasteiger partial charge in [0.2, 0.25) is 5.88 Å². The van der Waals surface area contributed by atoms with Crippen LogP contribution in [0.2, 0.25) is 0 Å². The zero-order chi connectivity index (χ0) is 12.3. The summed E-state index contributed by atoms with van der Waals surface area (Å²) in [4.78, 5) is 4.17. The summed E-state index contributed by atoms with van der Waals surface area (Å²) in [5, 5.41) is 9.33. The van der Waals surface area contributed by atoms with Crippen LogP contribution in [0.4, 0.5) is 0 Å². The summed E-state index contributed by atoms with van der Waals surface area (Å²) in [7, 11) is 1.59. The third kappa shape index (κ3) is 2.45. The van der Waals surface area contributed by atoms with Gasteiger partial charge in [-0.15, -0.1) is 0 Å². The maximum absolute atomic E-state index is 9.33.